The van der Waals surface area contributed by atoms with Crippen LogP contribution in [0.4, 0.5) is 0 Å². The smallest absolute Gasteiger partial charge is 0.222 e. The average Bonchev–Trinajstić information content (AvgIpc) is 2.46. The standard InChI is InChI=1S/C17H24Cl2N2O/c1-12(14-4-3-5-20-10-14)6-17(22)21(2)11-13-7-15(18)9-16(19)8-13/h7-9,12,14,20H,3-6,10-11H2,1-2H3. The lowest BCUT2D eigenvalue weighted by atomic mass is 9.85. The second-order valence-corrected chi connectivity index (χ2v) is 7.19. The summed E-state index contributed by atoms with van der Waals surface area (Å²) in [7, 11) is 1.84. The summed E-state index contributed by atoms with van der Waals surface area (Å²) in [5.41, 5.74) is 0.959. The van der Waals surface area contributed by atoms with Crippen molar-refractivity contribution in [2.24, 2.45) is 11.8 Å². The largest absolute Gasteiger partial charge is 0.341 e. The molecule has 1 heterocycles. The molecule has 1 aliphatic heterocycles. The highest BCUT2D eigenvalue weighted by atomic mass is 35.5. The molecular formula is C17H24Cl2N2O. The Kier molecular flexibility index (Phi) is 6.54. The van der Waals surface area contributed by atoms with Crippen LogP contribution in [0.25, 0.3) is 0 Å². The van der Waals surface area contributed by atoms with E-state index in [-0.39, 0.29) is 5.91 Å². The molecule has 1 aliphatic rings. The molecule has 1 aromatic carbocycles. The fourth-order valence-electron chi connectivity index (χ4n) is 3.03. The molecule has 3 nitrogen and oxygen atoms in total. The third kappa shape index (κ3) is 5.15. The summed E-state index contributed by atoms with van der Waals surface area (Å²) >= 11 is 12.0. The Hall–Kier alpha value is -0.770. The van der Waals surface area contributed by atoms with Gasteiger partial charge in [0.15, 0.2) is 0 Å². The van der Waals surface area contributed by atoms with Gasteiger partial charge in [0.1, 0.15) is 0 Å². The van der Waals surface area contributed by atoms with E-state index in [2.05, 4.69) is 12.2 Å². The van der Waals surface area contributed by atoms with Crippen molar-refractivity contribution in [1.82, 2.24) is 10.2 Å². The summed E-state index contributed by atoms with van der Waals surface area (Å²) in [5.74, 6) is 1.19. The number of benzene rings is 1. The number of hydrogen-bond acceptors (Lipinski definition) is 2. The van der Waals surface area contributed by atoms with Crippen molar-refractivity contribution in [1.29, 1.82) is 0 Å². The summed E-state index contributed by atoms with van der Waals surface area (Å²) in [5, 5.41) is 4.62. The Morgan fingerprint density at radius 3 is 2.64 bits per heavy atom. The molecular weight excluding hydrogens is 319 g/mol. The minimum absolute atomic E-state index is 0.175. The van der Waals surface area contributed by atoms with E-state index < -0.39 is 0 Å². The molecule has 2 atom stereocenters. The van der Waals surface area contributed by atoms with Gasteiger partial charge in [-0.25, -0.2) is 0 Å². The summed E-state index contributed by atoms with van der Waals surface area (Å²) < 4.78 is 0. The highest BCUT2D eigenvalue weighted by molar-refractivity contribution is 6.34. The SMILES string of the molecule is CC(CC(=O)N(C)Cc1cc(Cl)cc(Cl)c1)C1CCCNC1. The van der Waals surface area contributed by atoms with E-state index in [1.54, 1.807) is 11.0 Å². The van der Waals surface area contributed by atoms with Crippen LogP contribution in [-0.2, 0) is 11.3 Å². The number of hydrogen-bond donors (Lipinski definition) is 1. The van der Waals surface area contributed by atoms with Crippen LogP contribution in [0.15, 0.2) is 18.2 Å². The molecule has 0 spiro atoms. The predicted octanol–water partition coefficient (Wildman–Crippen LogP) is 3.98. The predicted molar refractivity (Wildman–Crippen MR) is 92.3 cm³/mol. The van der Waals surface area contributed by atoms with Crippen LogP contribution in [0, 0.1) is 11.8 Å². The average molecular weight is 343 g/mol. The van der Waals surface area contributed by atoms with Crippen molar-refractivity contribution >= 4 is 29.1 Å². The third-order valence-electron chi connectivity index (χ3n) is 4.40. The first-order valence-corrected chi connectivity index (χ1v) is 8.61. The maximum Gasteiger partial charge on any atom is 0.222 e. The van der Waals surface area contributed by atoms with Crippen LogP contribution in [0.1, 0.15) is 31.7 Å². The minimum Gasteiger partial charge on any atom is -0.341 e. The van der Waals surface area contributed by atoms with Gasteiger partial charge in [0, 0.05) is 30.1 Å². The first-order chi connectivity index (χ1) is 10.5. The van der Waals surface area contributed by atoms with Crippen LogP contribution >= 0.6 is 23.2 Å². The molecule has 2 unspecified atom stereocenters. The van der Waals surface area contributed by atoms with E-state index in [9.17, 15) is 4.79 Å². The zero-order valence-electron chi connectivity index (χ0n) is 13.2. The van der Waals surface area contributed by atoms with Gasteiger partial charge in [-0.15, -0.1) is 0 Å². The number of nitrogens with zero attached hydrogens (tertiary/aromatic N) is 1. The lowest BCUT2D eigenvalue weighted by molar-refractivity contribution is -0.131. The maximum atomic E-state index is 12.4. The molecule has 0 saturated carbocycles. The normalized spacial score (nSPS) is 19.7. The van der Waals surface area contributed by atoms with Crippen LogP contribution in [0.2, 0.25) is 10.0 Å². The molecule has 1 N–H and O–H groups in total. The number of rotatable bonds is 5. The van der Waals surface area contributed by atoms with Crippen molar-refractivity contribution in [2.75, 3.05) is 20.1 Å². The Morgan fingerprint density at radius 2 is 2.05 bits per heavy atom. The Labute approximate surface area is 143 Å². The van der Waals surface area contributed by atoms with Gasteiger partial charge in [0.25, 0.3) is 0 Å². The monoisotopic (exact) mass is 342 g/mol. The van der Waals surface area contributed by atoms with Crippen molar-refractivity contribution in [3.05, 3.63) is 33.8 Å². The fraction of sp³-hybridized carbons (Fsp3) is 0.588. The van der Waals surface area contributed by atoms with Crippen molar-refractivity contribution in [3.8, 4) is 0 Å². The Morgan fingerprint density at radius 1 is 1.36 bits per heavy atom. The summed E-state index contributed by atoms with van der Waals surface area (Å²) in [6.07, 6.45) is 3.02. The van der Waals surface area contributed by atoms with Gasteiger partial charge < -0.3 is 10.2 Å². The van der Waals surface area contributed by atoms with Gasteiger partial charge in [-0.2, -0.15) is 0 Å². The van der Waals surface area contributed by atoms with Crippen LogP contribution < -0.4 is 5.32 Å². The van der Waals surface area contributed by atoms with Gasteiger partial charge in [0.2, 0.25) is 5.91 Å². The van der Waals surface area contributed by atoms with Gasteiger partial charge in [-0.05, 0) is 61.5 Å². The molecule has 1 aromatic rings. The zero-order valence-corrected chi connectivity index (χ0v) is 14.8. The maximum absolute atomic E-state index is 12.4. The Balaban J connectivity index is 1.88. The molecule has 22 heavy (non-hydrogen) atoms. The molecule has 0 radical (unpaired) electrons. The second kappa shape index (κ2) is 8.19. The number of carbonyl (C=O) groups excluding carboxylic acids is 1. The first-order valence-electron chi connectivity index (χ1n) is 7.85. The summed E-state index contributed by atoms with van der Waals surface area (Å²) in [6.45, 7) is 4.85. The molecule has 1 fully saturated rings. The molecule has 1 saturated heterocycles. The van der Waals surface area contributed by atoms with Gasteiger partial charge in [-0.3, -0.25) is 4.79 Å². The molecule has 0 bridgehead atoms. The second-order valence-electron chi connectivity index (χ2n) is 6.32. The van der Waals surface area contributed by atoms with E-state index >= 15 is 0 Å². The van der Waals surface area contributed by atoms with Crippen molar-refractivity contribution in [3.63, 3.8) is 0 Å². The number of halogens is 2. The van der Waals surface area contributed by atoms with Crippen molar-refractivity contribution < 1.29 is 4.79 Å². The van der Waals surface area contributed by atoms with E-state index in [0.717, 1.165) is 18.7 Å². The lowest BCUT2D eigenvalue weighted by Crippen LogP contribution is -2.36. The van der Waals surface area contributed by atoms with Crippen LogP contribution in [0.3, 0.4) is 0 Å². The van der Waals surface area contributed by atoms with Crippen molar-refractivity contribution in [2.45, 2.75) is 32.7 Å². The molecule has 5 heteroatoms. The first kappa shape index (κ1) is 17.6. The molecule has 122 valence electrons. The summed E-state index contributed by atoms with van der Waals surface area (Å²) in [4.78, 5) is 14.2. The topological polar surface area (TPSA) is 32.3 Å². The van der Waals surface area contributed by atoms with E-state index in [0.29, 0.717) is 34.8 Å². The minimum atomic E-state index is 0.175. The zero-order chi connectivity index (χ0) is 16.1. The van der Waals surface area contributed by atoms with Crippen LogP contribution in [0.5, 0.6) is 0 Å². The van der Waals surface area contributed by atoms with Gasteiger partial charge >= 0.3 is 0 Å². The number of nitrogens with one attached hydrogen (secondary N) is 1. The highest BCUT2D eigenvalue weighted by Gasteiger charge is 2.23. The van der Waals surface area contributed by atoms with Gasteiger partial charge in [0.05, 0.1) is 0 Å². The number of amides is 1. The summed E-state index contributed by atoms with van der Waals surface area (Å²) in [6, 6.07) is 5.41. The van der Waals surface area contributed by atoms with Gasteiger partial charge in [-0.1, -0.05) is 30.1 Å². The third-order valence-corrected chi connectivity index (χ3v) is 4.84. The molecule has 2 rings (SSSR count). The Bertz CT molecular complexity index is 495. The van der Waals surface area contributed by atoms with E-state index in [4.69, 9.17) is 23.2 Å². The molecule has 0 aliphatic carbocycles. The van der Waals surface area contributed by atoms with E-state index in [1.807, 2.05) is 19.2 Å². The highest BCUT2D eigenvalue weighted by Crippen LogP contribution is 2.24. The quantitative estimate of drug-likeness (QED) is 0.877. The fourth-order valence-corrected chi connectivity index (χ4v) is 3.60. The van der Waals surface area contributed by atoms with Crippen LogP contribution in [-0.4, -0.2) is 30.9 Å². The number of piperidine rings is 1. The number of carbonyl (C=O) groups is 1. The lowest BCUT2D eigenvalue weighted by Gasteiger charge is -2.29. The molecule has 1 amide bonds. The molecule has 0 aromatic heterocycles. The van der Waals surface area contributed by atoms with E-state index in [1.165, 1.54) is 12.8 Å².